The molecule has 0 radical (unpaired) electrons. The molecule has 23 heavy (non-hydrogen) atoms. The van der Waals surface area contributed by atoms with Crippen LogP contribution in [0.1, 0.15) is 30.4 Å². The molecule has 2 aliphatic heterocycles. The predicted octanol–water partition coefficient (Wildman–Crippen LogP) is 2.87. The number of ether oxygens (including phenoxy) is 1. The van der Waals surface area contributed by atoms with Gasteiger partial charge >= 0.3 is 5.97 Å². The van der Waals surface area contributed by atoms with Crippen LogP contribution in [0.15, 0.2) is 41.8 Å². The number of carbonyl (C=O) groups is 2. The Morgan fingerprint density at radius 1 is 1.35 bits per heavy atom. The van der Waals surface area contributed by atoms with Crippen LogP contribution < -0.4 is 5.32 Å². The lowest BCUT2D eigenvalue weighted by Gasteiger charge is -2.16. The molecular weight excluding hydrogens is 310 g/mol. The largest absolute Gasteiger partial charge is 0.453 e. The lowest BCUT2D eigenvalue weighted by Crippen LogP contribution is -2.29. The molecule has 5 heteroatoms. The SMILES string of the molecule is CC(=O)NC[C@H]1C=C(c2ccc(C3C=CSCC3)cc2)C(=O)O1. The standard InChI is InChI=1S/C18H19NO3S/c1-12(20)19-11-16-10-17(18(21)22-16)15-4-2-13(3-5-15)14-6-8-23-9-7-14/h2-6,8,10,14,16H,7,9,11H2,1H3,(H,19,20)/t14?,16-/m1/s1. The second kappa shape index (κ2) is 7.04. The lowest BCUT2D eigenvalue weighted by atomic mass is 9.94. The van der Waals surface area contributed by atoms with Crippen molar-refractivity contribution >= 4 is 29.2 Å². The monoisotopic (exact) mass is 329 g/mol. The first-order chi connectivity index (χ1) is 11.1. The molecule has 1 unspecified atom stereocenters. The quantitative estimate of drug-likeness (QED) is 0.863. The third-order valence-electron chi connectivity index (χ3n) is 3.99. The maximum Gasteiger partial charge on any atom is 0.339 e. The minimum atomic E-state index is -0.389. The van der Waals surface area contributed by atoms with Gasteiger partial charge in [0.2, 0.25) is 5.91 Å². The Morgan fingerprint density at radius 3 is 2.78 bits per heavy atom. The van der Waals surface area contributed by atoms with Gasteiger partial charge in [0.15, 0.2) is 0 Å². The number of amides is 1. The van der Waals surface area contributed by atoms with Crippen molar-refractivity contribution in [2.75, 3.05) is 12.3 Å². The molecule has 4 nitrogen and oxygen atoms in total. The summed E-state index contributed by atoms with van der Waals surface area (Å²) >= 11 is 1.84. The molecule has 0 aromatic heterocycles. The van der Waals surface area contributed by atoms with E-state index in [-0.39, 0.29) is 18.0 Å². The molecule has 120 valence electrons. The van der Waals surface area contributed by atoms with Gasteiger partial charge in [-0.05, 0) is 34.8 Å². The fourth-order valence-corrected chi connectivity index (χ4v) is 3.57. The van der Waals surface area contributed by atoms with Gasteiger partial charge in [-0.25, -0.2) is 4.79 Å². The first kappa shape index (κ1) is 15.9. The van der Waals surface area contributed by atoms with Crippen molar-refractivity contribution in [3.05, 3.63) is 53.0 Å². The molecule has 2 aliphatic rings. The number of carbonyl (C=O) groups excluding carboxylic acids is 2. The zero-order valence-electron chi connectivity index (χ0n) is 13.0. The summed E-state index contributed by atoms with van der Waals surface area (Å²) in [6.45, 7) is 1.76. The number of thioether (sulfide) groups is 1. The van der Waals surface area contributed by atoms with Crippen molar-refractivity contribution in [2.24, 2.45) is 0 Å². The Kier molecular flexibility index (Phi) is 4.86. The highest BCUT2D eigenvalue weighted by molar-refractivity contribution is 8.02. The van der Waals surface area contributed by atoms with Crippen LogP contribution in [0.4, 0.5) is 0 Å². The van der Waals surface area contributed by atoms with Gasteiger partial charge in [0.05, 0.1) is 12.1 Å². The third-order valence-corrected chi connectivity index (χ3v) is 4.81. The molecular formula is C18H19NO3S. The fraction of sp³-hybridized carbons (Fsp3) is 0.333. The average Bonchev–Trinajstić information content (AvgIpc) is 2.95. The second-order valence-electron chi connectivity index (χ2n) is 5.68. The van der Waals surface area contributed by atoms with E-state index in [1.807, 2.05) is 23.9 Å². The number of esters is 1. The zero-order valence-corrected chi connectivity index (χ0v) is 13.8. The van der Waals surface area contributed by atoms with Crippen LogP contribution in [0.25, 0.3) is 5.57 Å². The van der Waals surface area contributed by atoms with E-state index in [1.54, 1.807) is 6.08 Å². The van der Waals surface area contributed by atoms with Crippen LogP contribution in [0.5, 0.6) is 0 Å². The number of allylic oxidation sites excluding steroid dienone is 1. The summed E-state index contributed by atoms with van der Waals surface area (Å²) in [4.78, 5) is 22.9. The molecule has 1 N–H and O–H groups in total. The van der Waals surface area contributed by atoms with Crippen LogP contribution in [-0.4, -0.2) is 30.3 Å². The van der Waals surface area contributed by atoms with E-state index in [0.29, 0.717) is 18.0 Å². The van der Waals surface area contributed by atoms with E-state index >= 15 is 0 Å². The first-order valence-corrected chi connectivity index (χ1v) is 8.74. The molecule has 2 atom stereocenters. The van der Waals surface area contributed by atoms with Gasteiger partial charge in [0.1, 0.15) is 6.10 Å². The molecule has 1 amide bonds. The highest BCUT2D eigenvalue weighted by Gasteiger charge is 2.26. The van der Waals surface area contributed by atoms with Gasteiger partial charge in [-0.1, -0.05) is 30.3 Å². The molecule has 0 saturated carbocycles. The van der Waals surface area contributed by atoms with Gasteiger partial charge in [0, 0.05) is 12.8 Å². The van der Waals surface area contributed by atoms with Crippen molar-refractivity contribution in [3.8, 4) is 0 Å². The number of nitrogens with one attached hydrogen (secondary N) is 1. The topological polar surface area (TPSA) is 55.4 Å². The average molecular weight is 329 g/mol. The molecule has 0 saturated heterocycles. The summed E-state index contributed by atoms with van der Waals surface area (Å²) in [7, 11) is 0. The van der Waals surface area contributed by atoms with Crippen LogP contribution in [-0.2, 0) is 14.3 Å². The van der Waals surface area contributed by atoms with Gasteiger partial charge in [-0.2, -0.15) is 0 Å². The maximum absolute atomic E-state index is 12.0. The molecule has 0 fully saturated rings. The summed E-state index contributed by atoms with van der Waals surface area (Å²) in [5.41, 5.74) is 2.70. The fourth-order valence-electron chi connectivity index (χ4n) is 2.75. The van der Waals surface area contributed by atoms with Crippen LogP contribution in [0.2, 0.25) is 0 Å². The molecule has 0 aliphatic carbocycles. The zero-order chi connectivity index (χ0) is 16.2. The number of hydrogen-bond donors (Lipinski definition) is 1. The van der Waals surface area contributed by atoms with Crippen molar-refractivity contribution < 1.29 is 14.3 Å². The highest BCUT2D eigenvalue weighted by atomic mass is 32.2. The molecule has 2 heterocycles. The summed E-state index contributed by atoms with van der Waals surface area (Å²) < 4.78 is 5.27. The van der Waals surface area contributed by atoms with Crippen molar-refractivity contribution in [2.45, 2.75) is 25.4 Å². The van der Waals surface area contributed by atoms with Crippen molar-refractivity contribution in [1.82, 2.24) is 5.32 Å². The van der Waals surface area contributed by atoms with Gasteiger partial charge in [0.25, 0.3) is 0 Å². The van der Waals surface area contributed by atoms with Crippen LogP contribution in [0, 0.1) is 0 Å². The number of rotatable bonds is 4. The lowest BCUT2D eigenvalue weighted by molar-refractivity contribution is -0.138. The normalized spacial score (nSPS) is 23.3. The van der Waals surface area contributed by atoms with E-state index in [4.69, 9.17) is 4.74 Å². The minimum absolute atomic E-state index is 0.133. The Hall–Kier alpha value is -2.01. The molecule has 0 spiro atoms. The molecule has 1 aromatic rings. The highest BCUT2D eigenvalue weighted by Crippen LogP contribution is 2.30. The summed E-state index contributed by atoms with van der Waals surface area (Å²) in [6, 6.07) is 8.10. The Balaban J connectivity index is 1.72. The van der Waals surface area contributed by atoms with E-state index in [1.165, 1.54) is 12.5 Å². The smallest absolute Gasteiger partial charge is 0.339 e. The first-order valence-electron chi connectivity index (χ1n) is 7.69. The van der Waals surface area contributed by atoms with Gasteiger partial charge in [-0.15, -0.1) is 11.8 Å². The van der Waals surface area contributed by atoms with E-state index < -0.39 is 0 Å². The van der Waals surface area contributed by atoms with Gasteiger partial charge in [-0.3, -0.25) is 4.79 Å². The van der Waals surface area contributed by atoms with E-state index in [2.05, 4.69) is 28.9 Å². The second-order valence-corrected chi connectivity index (χ2v) is 6.69. The maximum atomic E-state index is 12.0. The minimum Gasteiger partial charge on any atom is -0.453 e. The van der Waals surface area contributed by atoms with Crippen molar-refractivity contribution in [3.63, 3.8) is 0 Å². The van der Waals surface area contributed by atoms with Crippen LogP contribution >= 0.6 is 11.8 Å². The predicted molar refractivity (Wildman–Crippen MR) is 91.9 cm³/mol. The summed E-state index contributed by atoms with van der Waals surface area (Å²) in [5.74, 6) is 1.14. The summed E-state index contributed by atoms with van der Waals surface area (Å²) in [6.07, 6.45) is 4.77. The van der Waals surface area contributed by atoms with Crippen LogP contribution in [0.3, 0.4) is 0 Å². The number of hydrogen-bond acceptors (Lipinski definition) is 4. The Bertz CT molecular complexity index is 663. The van der Waals surface area contributed by atoms with E-state index in [9.17, 15) is 9.59 Å². The van der Waals surface area contributed by atoms with Crippen molar-refractivity contribution in [1.29, 1.82) is 0 Å². The van der Waals surface area contributed by atoms with Gasteiger partial charge < -0.3 is 10.1 Å². The molecule has 3 rings (SSSR count). The number of benzene rings is 1. The molecule has 1 aromatic carbocycles. The Labute approximate surface area is 140 Å². The third kappa shape index (κ3) is 3.85. The number of cyclic esters (lactones) is 1. The molecule has 0 bridgehead atoms. The van der Waals surface area contributed by atoms with E-state index in [0.717, 1.165) is 17.7 Å². The summed E-state index contributed by atoms with van der Waals surface area (Å²) in [5, 5.41) is 4.82. The Morgan fingerprint density at radius 2 is 2.13 bits per heavy atom.